The molecule has 0 aromatic carbocycles. The standard InChI is InChI=1S/C15H27NO/c1-5-9-10-11-12-14(6-2)13-15(17)16(7-3)8-4/h6,13H,2,5,7-12H2,1,3-4H3/b14-13-. The van der Waals surface area contributed by atoms with Crippen LogP contribution in [0.25, 0.3) is 0 Å². The SMILES string of the molecule is C=C/C(=C/C(=O)N(CC)CC)CCCCCC. The number of hydrogen-bond donors (Lipinski definition) is 0. The summed E-state index contributed by atoms with van der Waals surface area (Å²) in [5.74, 6) is 0.111. The average Bonchev–Trinajstić information content (AvgIpc) is 2.34. The molecule has 0 atom stereocenters. The first-order valence-electron chi connectivity index (χ1n) is 6.81. The predicted molar refractivity (Wildman–Crippen MR) is 75.0 cm³/mol. The average molecular weight is 237 g/mol. The molecule has 98 valence electrons. The van der Waals surface area contributed by atoms with Gasteiger partial charge in [-0.15, -0.1) is 0 Å². The van der Waals surface area contributed by atoms with Crippen LogP contribution in [-0.2, 0) is 4.79 Å². The normalized spacial score (nSPS) is 11.4. The highest BCUT2D eigenvalue weighted by Gasteiger charge is 2.06. The Kier molecular flexibility index (Phi) is 9.50. The molecule has 0 aliphatic heterocycles. The lowest BCUT2D eigenvalue weighted by Crippen LogP contribution is -2.29. The molecule has 1 amide bonds. The van der Waals surface area contributed by atoms with E-state index >= 15 is 0 Å². The summed E-state index contributed by atoms with van der Waals surface area (Å²) < 4.78 is 0. The third-order valence-electron chi connectivity index (χ3n) is 2.97. The number of carbonyl (C=O) groups excluding carboxylic acids is 1. The third kappa shape index (κ3) is 6.98. The van der Waals surface area contributed by atoms with E-state index in [2.05, 4.69) is 13.5 Å². The summed E-state index contributed by atoms with van der Waals surface area (Å²) in [5, 5.41) is 0. The van der Waals surface area contributed by atoms with E-state index in [-0.39, 0.29) is 5.91 Å². The van der Waals surface area contributed by atoms with Crippen molar-refractivity contribution in [1.82, 2.24) is 4.90 Å². The molecule has 0 spiro atoms. The van der Waals surface area contributed by atoms with Gasteiger partial charge in [-0.25, -0.2) is 0 Å². The molecule has 0 aliphatic rings. The van der Waals surface area contributed by atoms with Crippen molar-refractivity contribution in [2.75, 3.05) is 13.1 Å². The number of carbonyl (C=O) groups is 1. The van der Waals surface area contributed by atoms with Crippen LogP contribution in [0.4, 0.5) is 0 Å². The van der Waals surface area contributed by atoms with Gasteiger partial charge in [-0.1, -0.05) is 38.8 Å². The number of hydrogen-bond acceptors (Lipinski definition) is 1. The Balaban J connectivity index is 4.23. The van der Waals surface area contributed by atoms with Crippen molar-refractivity contribution in [1.29, 1.82) is 0 Å². The van der Waals surface area contributed by atoms with Gasteiger partial charge in [0.25, 0.3) is 0 Å². The summed E-state index contributed by atoms with van der Waals surface area (Å²) in [6, 6.07) is 0. The van der Waals surface area contributed by atoms with Crippen LogP contribution in [0.1, 0.15) is 52.9 Å². The van der Waals surface area contributed by atoms with Crippen molar-refractivity contribution in [3.63, 3.8) is 0 Å². The number of nitrogens with zero attached hydrogens (tertiary/aromatic N) is 1. The van der Waals surface area contributed by atoms with Crippen LogP contribution in [0.5, 0.6) is 0 Å². The number of rotatable bonds is 9. The molecule has 0 radical (unpaired) electrons. The van der Waals surface area contributed by atoms with E-state index in [1.807, 2.05) is 24.8 Å². The van der Waals surface area contributed by atoms with Gasteiger partial charge in [0.15, 0.2) is 0 Å². The summed E-state index contributed by atoms with van der Waals surface area (Å²) in [6.07, 6.45) is 9.42. The quantitative estimate of drug-likeness (QED) is 0.338. The van der Waals surface area contributed by atoms with Crippen molar-refractivity contribution in [3.05, 3.63) is 24.3 Å². The first kappa shape index (κ1) is 16.0. The van der Waals surface area contributed by atoms with Gasteiger partial charge in [-0.05, 0) is 32.3 Å². The van der Waals surface area contributed by atoms with E-state index < -0.39 is 0 Å². The Morgan fingerprint density at radius 1 is 1.12 bits per heavy atom. The summed E-state index contributed by atoms with van der Waals surface area (Å²) in [6.45, 7) is 11.5. The summed E-state index contributed by atoms with van der Waals surface area (Å²) >= 11 is 0. The van der Waals surface area contributed by atoms with Crippen LogP contribution in [0.2, 0.25) is 0 Å². The fraction of sp³-hybridized carbons (Fsp3) is 0.667. The van der Waals surface area contributed by atoms with E-state index in [0.29, 0.717) is 0 Å². The maximum absolute atomic E-state index is 11.9. The molecule has 0 aromatic rings. The van der Waals surface area contributed by atoms with Gasteiger partial charge >= 0.3 is 0 Å². The summed E-state index contributed by atoms with van der Waals surface area (Å²) in [4.78, 5) is 13.7. The van der Waals surface area contributed by atoms with Gasteiger partial charge in [0.05, 0.1) is 0 Å². The monoisotopic (exact) mass is 237 g/mol. The fourth-order valence-electron chi connectivity index (χ4n) is 1.77. The van der Waals surface area contributed by atoms with Crippen molar-refractivity contribution < 1.29 is 4.79 Å². The minimum absolute atomic E-state index is 0.111. The van der Waals surface area contributed by atoms with E-state index in [4.69, 9.17) is 0 Å². The predicted octanol–water partition coefficient (Wildman–Crippen LogP) is 3.94. The van der Waals surface area contributed by atoms with Gasteiger partial charge in [0.1, 0.15) is 0 Å². The number of likely N-dealkylation sites (N-methyl/N-ethyl adjacent to an activating group) is 1. The Hall–Kier alpha value is -1.05. The molecule has 0 bridgehead atoms. The van der Waals surface area contributed by atoms with Crippen LogP contribution in [0.3, 0.4) is 0 Å². The molecule has 2 nitrogen and oxygen atoms in total. The van der Waals surface area contributed by atoms with Crippen molar-refractivity contribution in [2.45, 2.75) is 52.9 Å². The molecule has 17 heavy (non-hydrogen) atoms. The molecular weight excluding hydrogens is 210 g/mol. The van der Waals surface area contributed by atoms with Crippen LogP contribution >= 0.6 is 0 Å². The molecule has 0 N–H and O–H groups in total. The maximum atomic E-state index is 11.9. The summed E-state index contributed by atoms with van der Waals surface area (Å²) in [7, 11) is 0. The van der Waals surface area contributed by atoms with Gasteiger partial charge < -0.3 is 4.90 Å². The zero-order valence-electron chi connectivity index (χ0n) is 11.7. The van der Waals surface area contributed by atoms with Crippen LogP contribution in [0, 0.1) is 0 Å². The highest BCUT2D eigenvalue weighted by atomic mass is 16.2. The largest absolute Gasteiger partial charge is 0.340 e. The molecule has 0 heterocycles. The molecule has 0 saturated carbocycles. The zero-order chi connectivity index (χ0) is 13.1. The lowest BCUT2D eigenvalue weighted by molar-refractivity contribution is -0.125. The van der Waals surface area contributed by atoms with E-state index in [1.165, 1.54) is 19.3 Å². The topological polar surface area (TPSA) is 20.3 Å². The molecule has 0 rings (SSSR count). The first-order chi connectivity index (χ1) is 8.19. The second-order valence-electron chi connectivity index (χ2n) is 4.24. The van der Waals surface area contributed by atoms with Crippen molar-refractivity contribution in [2.24, 2.45) is 0 Å². The van der Waals surface area contributed by atoms with Crippen molar-refractivity contribution in [3.8, 4) is 0 Å². The highest BCUT2D eigenvalue weighted by molar-refractivity contribution is 5.88. The number of unbranched alkanes of at least 4 members (excludes halogenated alkanes) is 3. The van der Waals surface area contributed by atoms with Crippen LogP contribution < -0.4 is 0 Å². The van der Waals surface area contributed by atoms with Gasteiger partial charge in [-0.3, -0.25) is 4.79 Å². The molecular formula is C15H27NO. The highest BCUT2D eigenvalue weighted by Crippen LogP contribution is 2.11. The molecule has 0 unspecified atom stereocenters. The maximum Gasteiger partial charge on any atom is 0.246 e. The number of allylic oxidation sites excluding steroid dienone is 2. The lowest BCUT2D eigenvalue weighted by atomic mass is 10.1. The van der Waals surface area contributed by atoms with E-state index in [0.717, 1.165) is 31.5 Å². The second-order valence-corrected chi connectivity index (χ2v) is 4.24. The molecule has 0 aliphatic carbocycles. The second kappa shape index (κ2) is 10.1. The lowest BCUT2D eigenvalue weighted by Gasteiger charge is -2.16. The Morgan fingerprint density at radius 3 is 2.24 bits per heavy atom. The molecule has 0 aromatic heterocycles. The van der Waals surface area contributed by atoms with Crippen LogP contribution in [0.15, 0.2) is 24.3 Å². The third-order valence-corrected chi connectivity index (χ3v) is 2.97. The zero-order valence-corrected chi connectivity index (χ0v) is 11.7. The summed E-state index contributed by atoms with van der Waals surface area (Å²) in [5.41, 5.74) is 1.07. The van der Waals surface area contributed by atoms with Gasteiger partial charge in [-0.2, -0.15) is 0 Å². The first-order valence-corrected chi connectivity index (χ1v) is 6.81. The Morgan fingerprint density at radius 2 is 1.76 bits per heavy atom. The van der Waals surface area contributed by atoms with Gasteiger partial charge in [0, 0.05) is 19.2 Å². The Labute approximate surface area is 106 Å². The van der Waals surface area contributed by atoms with Gasteiger partial charge in [0.2, 0.25) is 5.91 Å². The van der Waals surface area contributed by atoms with E-state index in [9.17, 15) is 4.79 Å². The fourth-order valence-corrected chi connectivity index (χ4v) is 1.77. The smallest absolute Gasteiger partial charge is 0.246 e. The molecule has 2 heteroatoms. The van der Waals surface area contributed by atoms with Crippen LogP contribution in [-0.4, -0.2) is 23.9 Å². The molecule has 0 fully saturated rings. The Bertz CT molecular complexity index is 252. The van der Waals surface area contributed by atoms with Crippen molar-refractivity contribution >= 4 is 5.91 Å². The number of amides is 1. The minimum Gasteiger partial charge on any atom is -0.340 e. The minimum atomic E-state index is 0.111. The molecule has 0 saturated heterocycles. The van der Waals surface area contributed by atoms with E-state index in [1.54, 1.807) is 6.08 Å².